The fourth-order valence-corrected chi connectivity index (χ4v) is 3.60. The van der Waals surface area contributed by atoms with Crippen molar-refractivity contribution in [1.29, 1.82) is 0 Å². The molecule has 3 aromatic carbocycles. The first-order valence-electron chi connectivity index (χ1n) is 9.40. The molecule has 0 saturated heterocycles. The molecule has 0 spiro atoms. The van der Waals surface area contributed by atoms with Crippen molar-refractivity contribution in [1.82, 2.24) is 0 Å². The Bertz CT molecular complexity index is 1090. The lowest BCUT2D eigenvalue weighted by atomic mass is 10.2. The number of aryl methyl sites for hydroxylation is 1. The maximum absolute atomic E-state index is 12.2. The van der Waals surface area contributed by atoms with Gasteiger partial charge in [0.15, 0.2) is 18.1 Å². The first kappa shape index (κ1) is 23.3. The van der Waals surface area contributed by atoms with Crippen molar-refractivity contribution in [2.45, 2.75) is 13.5 Å². The van der Waals surface area contributed by atoms with E-state index in [0.29, 0.717) is 33.8 Å². The van der Waals surface area contributed by atoms with Crippen molar-refractivity contribution in [3.05, 3.63) is 80.2 Å². The molecular formula is C23H21BrCl2N2O3. The van der Waals surface area contributed by atoms with Crippen LogP contribution in [0.4, 0.5) is 11.4 Å². The van der Waals surface area contributed by atoms with Gasteiger partial charge >= 0.3 is 0 Å². The van der Waals surface area contributed by atoms with Gasteiger partial charge in [-0.2, -0.15) is 0 Å². The quantitative estimate of drug-likeness (QED) is 0.344. The molecule has 0 unspecified atom stereocenters. The zero-order valence-electron chi connectivity index (χ0n) is 17.0. The highest BCUT2D eigenvalue weighted by molar-refractivity contribution is 9.10. The summed E-state index contributed by atoms with van der Waals surface area (Å²) in [5.74, 6) is 0.474. The second-order valence-electron chi connectivity index (χ2n) is 6.80. The lowest BCUT2D eigenvalue weighted by Crippen LogP contribution is -2.20. The number of rotatable bonds is 8. The van der Waals surface area contributed by atoms with Crippen LogP contribution in [-0.2, 0) is 11.3 Å². The largest absolute Gasteiger partial charge is 0.493 e. The van der Waals surface area contributed by atoms with Crippen molar-refractivity contribution < 1.29 is 14.3 Å². The summed E-state index contributed by atoms with van der Waals surface area (Å²) in [7, 11) is 1.52. The molecule has 8 heteroatoms. The highest BCUT2D eigenvalue weighted by Crippen LogP contribution is 2.37. The van der Waals surface area contributed by atoms with Crippen LogP contribution in [0.3, 0.4) is 0 Å². The van der Waals surface area contributed by atoms with E-state index < -0.39 is 0 Å². The van der Waals surface area contributed by atoms with E-state index in [2.05, 4.69) is 26.6 Å². The van der Waals surface area contributed by atoms with Crippen molar-refractivity contribution in [3.63, 3.8) is 0 Å². The van der Waals surface area contributed by atoms with Crippen LogP contribution in [0, 0.1) is 6.92 Å². The van der Waals surface area contributed by atoms with E-state index in [4.69, 9.17) is 32.7 Å². The molecule has 0 atom stereocenters. The Balaban J connectivity index is 1.64. The first-order chi connectivity index (χ1) is 14.9. The van der Waals surface area contributed by atoms with E-state index in [9.17, 15) is 4.79 Å². The number of benzene rings is 3. The summed E-state index contributed by atoms with van der Waals surface area (Å²) in [6.45, 7) is 2.26. The van der Waals surface area contributed by atoms with Crippen LogP contribution in [0.1, 0.15) is 11.1 Å². The van der Waals surface area contributed by atoms with Crippen LogP contribution in [0.5, 0.6) is 11.5 Å². The van der Waals surface area contributed by atoms with Gasteiger partial charge in [0, 0.05) is 22.4 Å². The predicted octanol–water partition coefficient (Wildman–Crippen LogP) is 6.70. The lowest BCUT2D eigenvalue weighted by Gasteiger charge is -2.15. The number of halogens is 3. The molecule has 1 amide bonds. The van der Waals surface area contributed by atoms with E-state index in [1.807, 2.05) is 55.5 Å². The van der Waals surface area contributed by atoms with Gasteiger partial charge in [-0.25, -0.2) is 0 Å². The molecular weight excluding hydrogens is 503 g/mol. The predicted molar refractivity (Wildman–Crippen MR) is 130 cm³/mol. The molecule has 0 heterocycles. The third-order valence-corrected chi connectivity index (χ3v) is 5.87. The van der Waals surface area contributed by atoms with E-state index in [0.717, 1.165) is 21.3 Å². The second-order valence-corrected chi connectivity index (χ2v) is 8.47. The third kappa shape index (κ3) is 6.53. The Labute approximate surface area is 199 Å². The van der Waals surface area contributed by atoms with Crippen LogP contribution < -0.4 is 20.1 Å². The maximum Gasteiger partial charge on any atom is 0.262 e. The van der Waals surface area contributed by atoms with E-state index in [1.54, 1.807) is 6.07 Å². The van der Waals surface area contributed by atoms with Gasteiger partial charge in [0.1, 0.15) is 0 Å². The normalized spacial score (nSPS) is 10.5. The van der Waals surface area contributed by atoms with E-state index in [-0.39, 0.29) is 12.5 Å². The Morgan fingerprint density at radius 3 is 2.55 bits per heavy atom. The number of nitrogens with one attached hydrogen (secondary N) is 2. The zero-order valence-corrected chi connectivity index (χ0v) is 20.1. The Morgan fingerprint density at radius 1 is 1.03 bits per heavy atom. The Kier molecular flexibility index (Phi) is 8.07. The average molecular weight is 524 g/mol. The van der Waals surface area contributed by atoms with Crippen LogP contribution in [0.2, 0.25) is 10.0 Å². The molecule has 0 fully saturated rings. The minimum atomic E-state index is -0.290. The molecule has 31 heavy (non-hydrogen) atoms. The van der Waals surface area contributed by atoms with Crippen molar-refractivity contribution >= 4 is 56.4 Å². The first-order valence-corrected chi connectivity index (χ1v) is 10.9. The summed E-state index contributed by atoms with van der Waals surface area (Å²) in [5.41, 5.74) is 3.52. The monoisotopic (exact) mass is 522 g/mol. The zero-order chi connectivity index (χ0) is 22.4. The molecule has 0 radical (unpaired) electrons. The van der Waals surface area contributed by atoms with Crippen LogP contribution in [-0.4, -0.2) is 19.6 Å². The summed E-state index contributed by atoms with van der Waals surface area (Å²) < 4.78 is 11.9. The third-order valence-electron chi connectivity index (χ3n) is 4.35. The van der Waals surface area contributed by atoms with E-state index >= 15 is 0 Å². The Hall–Kier alpha value is -2.41. The van der Waals surface area contributed by atoms with Crippen LogP contribution >= 0.6 is 39.1 Å². The summed E-state index contributed by atoms with van der Waals surface area (Å²) in [6, 6.07) is 16.7. The number of hydrogen-bond acceptors (Lipinski definition) is 4. The molecule has 2 N–H and O–H groups in total. The molecule has 0 aromatic heterocycles. The van der Waals surface area contributed by atoms with Gasteiger partial charge in [-0.3, -0.25) is 4.79 Å². The smallest absolute Gasteiger partial charge is 0.262 e. The van der Waals surface area contributed by atoms with Gasteiger partial charge in [-0.1, -0.05) is 35.3 Å². The number of carbonyl (C=O) groups excluding carboxylic acids is 1. The maximum atomic E-state index is 12.2. The molecule has 0 saturated carbocycles. The molecule has 0 bridgehead atoms. The van der Waals surface area contributed by atoms with E-state index in [1.165, 1.54) is 7.11 Å². The number of ether oxygens (including phenoxy) is 2. The van der Waals surface area contributed by atoms with Crippen molar-refractivity contribution in [3.8, 4) is 11.5 Å². The van der Waals surface area contributed by atoms with Gasteiger partial charge in [0.05, 0.1) is 17.2 Å². The molecule has 3 aromatic rings. The van der Waals surface area contributed by atoms with Crippen LogP contribution in [0.25, 0.3) is 0 Å². The summed E-state index contributed by atoms with van der Waals surface area (Å²) in [4.78, 5) is 12.2. The fraction of sp³-hybridized carbons (Fsp3) is 0.174. The molecule has 3 rings (SSSR count). The standard InChI is InChI=1S/C23H21BrCl2N2O3/c1-14-4-3-5-17(8-14)28-22(29)13-31-23-20(26)9-15(10-21(23)30-2)12-27-16-6-7-18(24)19(25)11-16/h3-11,27H,12-13H2,1-2H3,(H,28,29). The number of anilines is 2. The molecule has 0 aliphatic rings. The molecule has 0 aliphatic carbocycles. The minimum Gasteiger partial charge on any atom is -0.493 e. The molecule has 0 aliphatic heterocycles. The highest BCUT2D eigenvalue weighted by Gasteiger charge is 2.14. The lowest BCUT2D eigenvalue weighted by molar-refractivity contribution is -0.118. The molecule has 5 nitrogen and oxygen atoms in total. The SMILES string of the molecule is COc1cc(CNc2ccc(Br)c(Cl)c2)cc(Cl)c1OCC(=O)Nc1cccc(C)c1. The van der Waals surface area contributed by atoms with Gasteiger partial charge in [0.25, 0.3) is 5.91 Å². The van der Waals surface area contributed by atoms with Gasteiger partial charge in [-0.15, -0.1) is 0 Å². The second kappa shape index (κ2) is 10.8. The number of hydrogen-bond donors (Lipinski definition) is 2. The van der Waals surface area contributed by atoms with Crippen LogP contribution in [0.15, 0.2) is 59.1 Å². The average Bonchev–Trinajstić information content (AvgIpc) is 2.73. The summed E-state index contributed by atoms with van der Waals surface area (Å²) in [5, 5.41) is 7.05. The van der Waals surface area contributed by atoms with Crippen molar-refractivity contribution in [2.24, 2.45) is 0 Å². The summed E-state index contributed by atoms with van der Waals surface area (Å²) >= 11 is 15.9. The number of methoxy groups -OCH3 is 1. The topological polar surface area (TPSA) is 59.6 Å². The van der Waals surface area contributed by atoms with Crippen molar-refractivity contribution in [2.75, 3.05) is 24.4 Å². The summed E-state index contributed by atoms with van der Waals surface area (Å²) in [6.07, 6.45) is 0. The highest BCUT2D eigenvalue weighted by atomic mass is 79.9. The van der Waals surface area contributed by atoms with Gasteiger partial charge < -0.3 is 20.1 Å². The fourth-order valence-electron chi connectivity index (χ4n) is 2.88. The minimum absolute atomic E-state index is 0.195. The number of amides is 1. The van der Waals surface area contributed by atoms with Gasteiger partial charge in [0.2, 0.25) is 0 Å². The molecule has 162 valence electrons. The van der Waals surface area contributed by atoms with Gasteiger partial charge in [-0.05, 0) is 76.4 Å². The number of carbonyl (C=O) groups is 1. The Morgan fingerprint density at radius 2 is 1.84 bits per heavy atom.